The molecule has 0 saturated carbocycles. The summed E-state index contributed by atoms with van der Waals surface area (Å²) >= 11 is 0. The highest BCUT2D eigenvalue weighted by molar-refractivity contribution is 5.81. The Labute approximate surface area is 160 Å². The number of nitrogens with one attached hydrogen (secondary N) is 2. The molecule has 1 saturated heterocycles. The van der Waals surface area contributed by atoms with E-state index < -0.39 is 0 Å². The average Bonchev–Trinajstić information content (AvgIpc) is 3.30. The van der Waals surface area contributed by atoms with Gasteiger partial charge in [-0.25, -0.2) is 4.98 Å². The normalized spacial score (nSPS) is 17.7. The monoisotopic (exact) mass is 370 g/mol. The van der Waals surface area contributed by atoms with Gasteiger partial charge in [0.1, 0.15) is 0 Å². The molecule has 1 aromatic heterocycles. The molecule has 2 aromatic rings. The maximum absolute atomic E-state index is 12.1. The number of hydrogen-bond donors (Lipinski definition) is 2. The van der Waals surface area contributed by atoms with Crippen LogP contribution < -0.4 is 10.6 Å². The second kappa shape index (κ2) is 8.88. The second-order valence-corrected chi connectivity index (χ2v) is 7.35. The maximum atomic E-state index is 12.1. The Morgan fingerprint density at radius 1 is 1.37 bits per heavy atom. The van der Waals surface area contributed by atoms with Gasteiger partial charge < -0.3 is 20.1 Å². The minimum Gasteiger partial charge on any atom is -0.356 e. The molecule has 1 aromatic carbocycles. The van der Waals surface area contributed by atoms with Crippen molar-refractivity contribution >= 4 is 22.9 Å². The number of imidazole rings is 1. The van der Waals surface area contributed by atoms with Crippen molar-refractivity contribution < 1.29 is 4.79 Å². The molecule has 2 heterocycles. The number of para-hydroxylation sites is 2. The molecule has 1 aliphatic heterocycles. The SMILES string of the molecule is CN=C(NCCCn1cnc2ccccc21)NC1CCN(C(=O)C(C)C)C1. The number of carbonyl (C=O) groups excluding carboxylic acids is 1. The first-order valence-electron chi connectivity index (χ1n) is 9.74. The summed E-state index contributed by atoms with van der Waals surface area (Å²) < 4.78 is 2.18. The molecule has 3 rings (SSSR count). The fourth-order valence-corrected chi connectivity index (χ4v) is 3.48. The maximum Gasteiger partial charge on any atom is 0.225 e. The Hall–Kier alpha value is -2.57. The Balaban J connectivity index is 1.41. The van der Waals surface area contributed by atoms with Crippen molar-refractivity contribution in [2.45, 2.75) is 39.3 Å². The van der Waals surface area contributed by atoms with Gasteiger partial charge in [-0.1, -0.05) is 26.0 Å². The lowest BCUT2D eigenvalue weighted by Crippen LogP contribution is -2.45. The molecule has 1 aliphatic rings. The number of aryl methyl sites for hydroxylation is 1. The lowest BCUT2D eigenvalue weighted by molar-refractivity contribution is -0.133. The fraction of sp³-hybridized carbons (Fsp3) is 0.550. The van der Waals surface area contributed by atoms with Crippen LogP contribution in [0.2, 0.25) is 0 Å². The zero-order chi connectivity index (χ0) is 19.2. The van der Waals surface area contributed by atoms with Crippen molar-refractivity contribution in [2.24, 2.45) is 10.9 Å². The van der Waals surface area contributed by atoms with Crippen LogP contribution in [-0.4, -0.2) is 59.0 Å². The summed E-state index contributed by atoms with van der Waals surface area (Å²) in [6, 6.07) is 8.44. The number of benzene rings is 1. The van der Waals surface area contributed by atoms with Crippen LogP contribution in [-0.2, 0) is 11.3 Å². The highest BCUT2D eigenvalue weighted by Crippen LogP contribution is 2.13. The third-order valence-electron chi connectivity index (χ3n) is 4.95. The summed E-state index contributed by atoms with van der Waals surface area (Å²) in [5.41, 5.74) is 2.20. The third-order valence-corrected chi connectivity index (χ3v) is 4.95. The first-order valence-corrected chi connectivity index (χ1v) is 9.74. The molecule has 0 radical (unpaired) electrons. The number of nitrogens with zero attached hydrogens (tertiary/aromatic N) is 4. The van der Waals surface area contributed by atoms with E-state index in [0.717, 1.165) is 50.5 Å². The predicted octanol–water partition coefficient (Wildman–Crippen LogP) is 1.85. The summed E-state index contributed by atoms with van der Waals surface area (Å²) in [5, 5.41) is 6.81. The van der Waals surface area contributed by atoms with E-state index in [-0.39, 0.29) is 17.9 Å². The summed E-state index contributed by atoms with van der Waals surface area (Å²) in [7, 11) is 1.78. The van der Waals surface area contributed by atoms with Gasteiger partial charge in [-0.15, -0.1) is 0 Å². The minimum atomic E-state index is 0.0560. The molecule has 1 atom stereocenters. The standard InChI is InChI=1S/C20H30N6O/c1-15(2)19(27)25-12-9-16(13-25)24-20(21-3)22-10-6-11-26-14-23-17-7-4-5-8-18(17)26/h4-5,7-8,14-16H,6,9-13H2,1-3H3,(H2,21,22,24). The third kappa shape index (κ3) is 4.78. The van der Waals surface area contributed by atoms with Gasteiger partial charge in [-0.3, -0.25) is 9.79 Å². The second-order valence-electron chi connectivity index (χ2n) is 7.35. The zero-order valence-corrected chi connectivity index (χ0v) is 16.5. The van der Waals surface area contributed by atoms with Gasteiger partial charge in [0.25, 0.3) is 0 Å². The molecule has 146 valence electrons. The number of aliphatic imine (C=N–C) groups is 1. The lowest BCUT2D eigenvalue weighted by atomic mass is 10.2. The van der Waals surface area contributed by atoms with Crippen LogP contribution in [0.15, 0.2) is 35.6 Å². The van der Waals surface area contributed by atoms with Crippen LogP contribution in [0, 0.1) is 5.92 Å². The van der Waals surface area contributed by atoms with Crippen LogP contribution in [0.25, 0.3) is 11.0 Å². The summed E-state index contributed by atoms with van der Waals surface area (Å²) in [6.45, 7) is 7.20. The number of fused-ring (bicyclic) bond motifs is 1. The van der Waals surface area contributed by atoms with Crippen molar-refractivity contribution in [3.05, 3.63) is 30.6 Å². The number of aromatic nitrogens is 2. The molecule has 0 bridgehead atoms. The van der Waals surface area contributed by atoms with Gasteiger partial charge in [-0.2, -0.15) is 0 Å². The van der Waals surface area contributed by atoms with Gasteiger partial charge in [0, 0.05) is 45.2 Å². The molecule has 0 aliphatic carbocycles. The van der Waals surface area contributed by atoms with Crippen LogP contribution in [0.3, 0.4) is 0 Å². The van der Waals surface area contributed by atoms with Crippen LogP contribution in [0.5, 0.6) is 0 Å². The number of carbonyl (C=O) groups is 1. The largest absolute Gasteiger partial charge is 0.356 e. The molecule has 1 amide bonds. The smallest absolute Gasteiger partial charge is 0.225 e. The van der Waals surface area contributed by atoms with Crippen LogP contribution >= 0.6 is 0 Å². The zero-order valence-electron chi connectivity index (χ0n) is 16.5. The van der Waals surface area contributed by atoms with E-state index in [9.17, 15) is 4.79 Å². The molecule has 1 unspecified atom stereocenters. The highest BCUT2D eigenvalue weighted by Gasteiger charge is 2.27. The van der Waals surface area contributed by atoms with Crippen LogP contribution in [0.1, 0.15) is 26.7 Å². The van der Waals surface area contributed by atoms with Crippen molar-refractivity contribution in [3.63, 3.8) is 0 Å². The first-order chi connectivity index (χ1) is 13.1. The molecule has 0 spiro atoms. The van der Waals surface area contributed by atoms with E-state index >= 15 is 0 Å². The average molecular weight is 371 g/mol. The molecular formula is C20H30N6O. The van der Waals surface area contributed by atoms with Gasteiger partial charge in [0.15, 0.2) is 5.96 Å². The number of guanidine groups is 1. The van der Waals surface area contributed by atoms with Gasteiger partial charge in [0.2, 0.25) is 5.91 Å². The lowest BCUT2D eigenvalue weighted by Gasteiger charge is -2.20. The molecule has 1 fully saturated rings. The number of amides is 1. The van der Waals surface area contributed by atoms with E-state index in [1.165, 1.54) is 5.52 Å². The molecule has 7 heteroatoms. The van der Waals surface area contributed by atoms with Crippen molar-refractivity contribution in [2.75, 3.05) is 26.7 Å². The predicted molar refractivity (Wildman–Crippen MR) is 109 cm³/mol. The van der Waals surface area contributed by atoms with Crippen molar-refractivity contribution in [1.82, 2.24) is 25.1 Å². The molecular weight excluding hydrogens is 340 g/mol. The van der Waals surface area contributed by atoms with E-state index in [0.29, 0.717) is 0 Å². The van der Waals surface area contributed by atoms with E-state index in [4.69, 9.17) is 0 Å². The van der Waals surface area contributed by atoms with Gasteiger partial charge >= 0.3 is 0 Å². The van der Waals surface area contributed by atoms with E-state index in [2.05, 4.69) is 31.2 Å². The number of hydrogen-bond acceptors (Lipinski definition) is 3. The summed E-state index contributed by atoms with van der Waals surface area (Å²) in [4.78, 5) is 22.8. The van der Waals surface area contributed by atoms with Crippen molar-refractivity contribution in [1.29, 1.82) is 0 Å². The Morgan fingerprint density at radius 3 is 2.96 bits per heavy atom. The minimum absolute atomic E-state index is 0.0560. The van der Waals surface area contributed by atoms with Gasteiger partial charge in [0.05, 0.1) is 17.4 Å². The van der Waals surface area contributed by atoms with E-state index in [1.807, 2.05) is 43.3 Å². The molecule has 2 N–H and O–H groups in total. The topological polar surface area (TPSA) is 74.6 Å². The van der Waals surface area contributed by atoms with Crippen molar-refractivity contribution in [3.8, 4) is 0 Å². The number of rotatable bonds is 6. The quantitative estimate of drug-likeness (QED) is 0.462. The molecule has 27 heavy (non-hydrogen) atoms. The Kier molecular flexibility index (Phi) is 6.32. The van der Waals surface area contributed by atoms with E-state index in [1.54, 1.807) is 7.05 Å². The fourth-order valence-electron chi connectivity index (χ4n) is 3.48. The Bertz CT molecular complexity index is 797. The first kappa shape index (κ1) is 19.2. The summed E-state index contributed by atoms with van der Waals surface area (Å²) in [6.07, 6.45) is 3.83. The highest BCUT2D eigenvalue weighted by atomic mass is 16.2. The molecule has 7 nitrogen and oxygen atoms in total. The van der Waals surface area contributed by atoms with Crippen LogP contribution in [0.4, 0.5) is 0 Å². The summed E-state index contributed by atoms with van der Waals surface area (Å²) in [5.74, 6) is 1.09. The van der Waals surface area contributed by atoms with Gasteiger partial charge in [-0.05, 0) is 25.0 Å². The number of likely N-dealkylation sites (tertiary alicyclic amines) is 1. The Morgan fingerprint density at radius 2 is 2.19 bits per heavy atom.